The van der Waals surface area contributed by atoms with Crippen LogP contribution in [0, 0.1) is 11.3 Å². The quantitative estimate of drug-likeness (QED) is 0.649. The molecule has 2 heteroatoms. The lowest BCUT2D eigenvalue weighted by atomic mass is 10.0. The van der Waals surface area contributed by atoms with Gasteiger partial charge in [0.25, 0.3) is 0 Å². The Labute approximate surface area is 90.4 Å². The molecule has 0 aliphatic carbocycles. The maximum Gasteiger partial charge on any atom is 0.102 e. The van der Waals surface area contributed by atoms with E-state index in [1.54, 1.807) is 0 Å². The predicted molar refractivity (Wildman–Crippen MR) is 60.8 cm³/mol. The summed E-state index contributed by atoms with van der Waals surface area (Å²) in [6, 6.07) is 12.2. The van der Waals surface area contributed by atoms with Crippen LogP contribution in [0.1, 0.15) is 18.4 Å². The van der Waals surface area contributed by atoms with E-state index in [9.17, 15) is 5.26 Å². The van der Waals surface area contributed by atoms with Gasteiger partial charge in [0.15, 0.2) is 0 Å². The van der Waals surface area contributed by atoms with Crippen LogP contribution < -0.4 is 0 Å². The molecule has 1 saturated heterocycles. The molecule has 0 aromatic heterocycles. The summed E-state index contributed by atoms with van der Waals surface area (Å²) in [5.41, 5.74) is 3.04. The van der Waals surface area contributed by atoms with Crippen molar-refractivity contribution in [2.45, 2.75) is 12.8 Å². The minimum absolute atomic E-state index is 0.829. The Morgan fingerprint density at radius 3 is 2.60 bits per heavy atom. The molecule has 1 aliphatic heterocycles. The van der Waals surface area contributed by atoms with Crippen LogP contribution in [0.2, 0.25) is 0 Å². The van der Waals surface area contributed by atoms with Crippen molar-refractivity contribution >= 4 is 5.57 Å². The third-order valence-electron chi connectivity index (χ3n) is 2.83. The third kappa shape index (κ3) is 1.87. The molecule has 1 aromatic rings. The molecule has 0 bridgehead atoms. The van der Waals surface area contributed by atoms with E-state index in [-0.39, 0.29) is 0 Å². The lowest BCUT2D eigenvalue weighted by molar-refractivity contribution is 0.483. The number of benzene rings is 1. The topological polar surface area (TPSA) is 27.0 Å². The van der Waals surface area contributed by atoms with Crippen molar-refractivity contribution in [3.63, 3.8) is 0 Å². The molecule has 15 heavy (non-hydrogen) atoms. The molecular weight excluding hydrogens is 184 g/mol. The fourth-order valence-electron chi connectivity index (χ4n) is 2.03. The fraction of sp³-hybridized carbons (Fsp3) is 0.308. The number of likely N-dealkylation sites (tertiary alicyclic amines) is 1. The molecule has 76 valence electrons. The monoisotopic (exact) mass is 198 g/mol. The molecule has 0 spiro atoms. The van der Waals surface area contributed by atoms with Crippen LogP contribution in [0.4, 0.5) is 0 Å². The Morgan fingerprint density at radius 2 is 2.07 bits per heavy atom. The Bertz CT molecular complexity index is 412. The minimum atomic E-state index is 0.829. The van der Waals surface area contributed by atoms with Crippen molar-refractivity contribution in [3.8, 4) is 6.07 Å². The Balaban J connectivity index is 2.45. The van der Waals surface area contributed by atoms with Gasteiger partial charge >= 0.3 is 0 Å². The van der Waals surface area contributed by atoms with Gasteiger partial charge in [-0.2, -0.15) is 5.26 Å². The summed E-state index contributed by atoms with van der Waals surface area (Å²) in [7, 11) is 2.06. The van der Waals surface area contributed by atoms with E-state index in [2.05, 4.69) is 18.0 Å². The highest BCUT2D eigenvalue weighted by Gasteiger charge is 2.18. The van der Waals surface area contributed by atoms with Gasteiger partial charge in [-0.25, -0.2) is 0 Å². The Kier molecular flexibility index (Phi) is 2.73. The van der Waals surface area contributed by atoms with Gasteiger partial charge in [0.2, 0.25) is 0 Å². The third-order valence-corrected chi connectivity index (χ3v) is 2.83. The summed E-state index contributed by atoms with van der Waals surface area (Å²) < 4.78 is 0. The lowest BCUT2D eigenvalue weighted by Gasteiger charge is -2.14. The predicted octanol–water partition coefficient (Wildman–Crippen LogP) is 2.65. The van der Waals surface area contributed by atoms with Gasteiger partial charge < -0.3 is 4.90 Å². The highest BCUT2D eigenvalue weighted by molar-refractivity contribution is 5.79. The number of hydrogen-bond acceptors (Lipinski definition) is 2. The number of rotatable bonds is 1. The highest BCUT2D eigenvalue weighted by atomic mass is 15.1. The smallest absolute Gasteiger partial charge is 0.102 e. The van der Waals surface area contributed by atoms with Crippen LogP contribution in [0.15, 0.2) is 36.0 Å². The molecule has 0 saturated carbocycles. The van der Waals surface area contributed by atoms with Crippen molar-refractivity contribution in [1.29, 1.82) is 5.26 Å². The van der Waals surface area contributed by atoms with Gasteiger partial charge in [-0.3, -0.25) is 0 Å². The molecule has 0 amide bonds. The second-order valence-corrected chi connectivity index (χ2v) is 3.82. The maximum absolute atomic E-state index is 9.22. The maximum atomic E-state index is 9.22. The molecular formula is C13H14N2. The van der Waals surface area contributed by atoms with Gasteiger partial charge in [-0.05, 0) is 18.4 Å². The van der Waals surface area contributed by atoms with Gasteiger partial charge in [0.1, 0.15) is 6.07 Å². The van der Waals surface area contributed by atoms with Crippen LogP contribution in [0.5, 0.6) is 0 Å². The SMILES string of the molecule is CN1CCC/C1=C(\C#N)c1ccccc1. The van der Waals surface area contributed by atoms with Crippen LogP contribution >= 0.6 is 0 Å². The van der Waals surface area contributed by atoms with Crippen molar-refractivity contribution in [3.05, 3.63) is 41.6 Å². The standard InChI is InChI=1S/C13H14N2/c1-15-9-5-8-13(15)12(10-14)11-6-3-2-4-7-11/h2-4,6-7H,5,8-9H2,1H3/b13-12-. The van der Waals surface area contributed by atoms with Gasteiger partial charge in [-0.1, -0.05) is 30.3 Å². The normalized spacial score (nSPS) is 18.8. The molecule has 0 N–H and O–H groups in total. The van der Waals surface area contributed by atoms with Crippen molar-refractivity contribution in [2.75, 3.05) is 13.6 Å². The Hall–Kier alpha value is -1.75. The molecule has 1 aromatic carbocycles. The van der Waals surface area contributed by atoms with E-state index in [1.807, 2.05) is 30.3 Å². The van der Waals surface area contributed by atoms with Crippen molar-refractivity contribution < 1.29 is 0 Å². The molecule has 0 atom stereocenters. The van der Waals surface area contributed by atoms with Gasteiger partial charge in [0.05, 0.1) is 5.57 Å². The first kappa shape index (κ1) is 9.79. The van der Waals surface area contributed by atoms with Crippen molar-refractivity contribution in [1.82, 2.24) is 4.90 Å². The minimum Gasteiger partial charge on any atom is -0.377 e. The average Bonchev–Trinajstić information content (AvgIpc) is 2.68. The van der Waals surface area contributed by atoms with Gasteiger partial charge in [0, 0.05) is 19.3 Å². The number of allylic oxidation sites excluding steroid dienone is 2. The fourth-order valence-corrected chi connectivity index (χ4v) is 2.03. The van der Waals surface area contributed by atoms with E-state index in [1.165, 1.54) is 5.70 Å². The average molecular weight is 198 g/mol. The summed E-state index contributed by atoms with van der Waals surface area (Å²) in [5.74, 6) is 0. The summed E-state index contributed by atoms with van der Waals surface area (Å²) in [6.07, 6.45) is 2.18. The lowest BCUT2D eigenvalue weighted by Crippen LogP contribution is -2.11. The largest absolute Gasteiger partial charge is 0.377 e. The van der Waals surface area contributed by atoms with Crippen molar-refractivity contribution in [2.24, 2.45) is 0 Å². The second kappa shape index (κ2) is 4.18. The molecule has 1 fully saturated rings. The van der Waals surface area contributed by atoms with Crippen LogP contribution in [-0.2, 0) is 0 Å². The molecule has 0 radical (unpaired) electrons. The zero-order chi connectivity index (χ0) is 10.7. The molecule has 2 nitrogen and oxygen atoms in total. The van der Waals surface area contributed by atoms with Crippen LogP contribution in [0.3, 0.4) is 0 Å². The van der Waals surface area contributed by atoms with Gasteiger partial charge in [-0.15, -0.1) is 0 Å². The second-order valence-electron chi connectivity index (χ2n) is 3.82. The molecule has 0 unspecified atom stereocenters. The zero-order valence-corrected chi connectivity index (χ0v) is 8.90. The van der Waals surface area contributed by atoms with Crippen LogP contribution in [-0.4, -0.2) is 18.5 Å². The van der Waals surface area contributed by atoms with E-state index >= 15 is 0 Å². The Morgan fingerprint density at radius 1 is 1.33 bits per heavy atom. The molecule has 2 rings (SSSR count). The van der Waals surface area contributed by atoms with Crippen LogP contribution in [0.25, 0.3) is 5.57 Å². The first-order valence-electron chi connectivity index (χ1n) is 5.22. The number of hydrogen-bond donors (Lipinski definition) is 0. The summed E-state index contributed by atoms with van der Waals surface area (Å²) >= 11 is 0. The molecule has 1 heterocycles. The first-order chi connectivity index (χ1) is 7.33. The van der Waals surface area contributed by atoms with E-state index in [4.69, 9.17) is 0 Å². The summed E-state index contributed by atoms with van der Waals surface area (Å²) in [4.78, 5) is 2.19. The highest BCUT2D eigenvalue weighted by Crippen LogP contribution is 2.27. The number of nitrogens with zero attached hydrogens (tertiary/aromatic N) is 2. The van der Waals surface area contributed by atoms with E-state index in [0.717, 1.165) is 30.5 Å². The zero-order valence-electron chi connectivity index (χ0n) is 8.90. The first-order valence-corrected chi connectivity index (χ1v) is 5.22. The van der Waals surface area contributed by atoms with E-state index in [0.29, 0.717) is 0 Å². The molecule has 1 aliphatic rings. The summed E-state index contributed by atoms with van der Waals surface area (Å²) in [6.45, 7) is 1.06. The summed E-state index contributed by atoms with van der Waals surface area (Å²) in [5, 5.41) is 9.22. The number of nitriles is 1. The van der Waals surface area contributed by atoms with E-state index < -0.39 is 0 Å².